The van der Waals surface area contributed by atoms with Gasteiger partial charge in [-0.1, -0.05) is 6.07 Å². The van der Waals surface area contributed by atoms with E-state index in [0.717, 1.165) is 30.7 Å². The zero-order valence-electron chi connectivity index (χ0n) is 11.6. The lowest BCUT2D eigenvalue weighted by Gasteiger charge is -2.20. The van der Waals surface area contributed by atoms with Crippen LogP contribution in [0.4, 0.5) is 11.4 Å². The van der Waals surface area contributed by atoms with Crippen molar-refractivity contribution in [3.63, 3.8) is 0 Å². The Hall–Kier alpha value is -2.34. The predicted molar refractivity (Wildman–Crippen MR) is 78.5 cm³/mol. The van der Waals surface area contributed by atoms with E-state index in [-0.39, 0.29) is 11.4 Å². The van der Waals surface area contributed by atoms with Crippen LogP contribution in [0.25, 0.3) is 0 Å². The fraction of sp³-hybridized carbons (Fsp3) is 0.333. The van der Waals surface area contributed by atoms with Gasteiger partial charge in [0.15, 0.2) is 0 Å². The van der Waals surface area contributed by atoms with Crippen molar-refractivity contribution in [1.29, 1.82) is 0 Å². The summed E-state index contributed by atoms with van der Waals surface area (Å²) in [5.41, 5.74) is 6.71. The van der Waals surface area contributed by atoms with Crippen molar-refractivity contribution in [3.8, 4) is 0 Å². The van der Waals surface area contributed by atoms with Crippen molar-refractivity contribution in [3.05, 3.63) is 58.0 Å². The molecule has 21 heavy (non-hydrogen) atoms. The minimum atomic E-state index is -0.438. The van der Waals surface area contributed by atoms with Gasteiger partial charge in [0.25, 0.3) is 5.69 Å². The van der Waals surface area contributed by atoms with Gasteiger partial charge in [-0.25, -0.2) is 0 Å². The highest BCUT2D eigenvalue weighted by atomic mass is 16.6. The summed E-state index contributed by atoms with van der Waals surface area (Å²) in [5.74, 6) is 0.909. The Bertz CT molecular complexity index is 636. The van der Waals surface area contributed by atoms with Crippen LogP contribution in [0.3, 0.4) is 0 Å². The number of furan rings is 1. The normalized spacial score (nSPS) is 14.5. The van der Waals surface area contributed by atoms with Crippen LogP contribution in [0.1, 0.15) is 24.2 Å². The molecule has 0 spiro atoms. The van der Waals surface area contributed by atoms with Crippen LogP contribution < -0.4 is 5.73 Å². The summed E-state index contributed by atoms with van der Waals surface area (Å²) in [7, 11) is 0. The van der Waals surface area contributed by atoms with E-state index in [4.69, 9.17) is 10.2 Å². The molecule has 1 heterocycles. The average molecular weight is 287 g/mol. The van der Waals surface area contributed by atoms with E-state index in [1.165, 1.54) is 0 Å². The molecule has 0 saturated heterocycles. The lowest BCUT2D eigenvalue weighted by molar-refractivity contribution is -0.384. The van der Waals surface area contributed by atoms with Crippen molar-refractivity contribution in [2.24, 2.45) is 0 Å². The van der Waals surface area contributed by atoms with E-state index in [2.05, 4.69) is 4.90 Å². The molecule has 1 aliphatic carbocycles. The van der Waals surface area contributed by atoms with E-state index in [9.17, 15) is 10.1 Å². The Kier molecular flexibility index (Phi) is 3.62. The third-order valence-electron chi connectivity index (χ3n) is 3.68. The third-order valence-corrected chi connectivity index (χ3v) is 3.68. The van der Waals surface area contributed by atoms with Gasteiger partial charge in [0.05, 0.1) is 17.7 Å². The first-order valence-electron chi connectivity index (χ1n) is 6.92. The Labute approximate surface area is 122 Å². The van der Waals surface area contributed by atoms with Gasteiger partial charge in [0.1, 0.15) is 11.4 Å². The van der Waals surface area contributed by atoms with Crippen LogP contribution in [-0.4, -0.2) is 15.9 Å². The summed E-state index contributed by atoms with van der Waals surface area (Å²) < 4.78 is 5.39. The number of nitrogens with two attached hydrogens (primary N) is 1. The van der Waals surface area contributed by atoms with Crippen molar-refractivity contribution >= 4 is 11.4 Å². The topological polar surface area (TPSA) is 85.5 Å². The van der Waals surface area contributed by atoms with E-state index in [1.54, 1.807) is 18.4 Å². The molecule has 2 aromatic rings. The quantitative estimate of drug-likeness (QED) is 0.501. The molecule has 0 radical (unpaired) electrons. The largest absolute Gasteiger partial charge is 0.468 e. The zero-order valence-corrected chi connectivity index (χ0v) is 11.6. The van der Waals surface area contributed by atoms with Crippen LogP contribution in [0.5, 0.6) is 0 Å². The number of rotatable bonds is 6. The van der Waals surface area contributed by atoms with Crippen LogP contribution in [0.2, 0.25) is 0 Å². The molecule has 1 saturated carbocycles. The van der Waals surface area contributed by atoms with E-state index < -0.39 is 4.92 Å². The summed E-state index contributed by atoms with van der Waals surface area (Å²) >= 11 is 0. The molecule has 0 aliphatic heterocycles. The molecule has 6 heteroatoms. The molecule has 1 aliphatic rings. The molecular weight excluding hydrogens is 270 g/mol. The molecule has 1 aromatic carbocycles. The second-order valence-corrected chi connectivity index (χ2v) is 5.37. The Balaban J connectivity index is 1.76. The van der Waals surface area contributed by atoms with E-state index in [0.29, 0.717) is 12.6 Å². The Morgan fingerprint density at radius 2 is 2.14 bits per heavy atom. The van der Waals surface area contributed by atoms with Gasteiger partial charge in [-0.05, 0) is 36.6 Å². The molecule has 2 N–H and O–H groups in total. The van der Waals surface area contributed by atoms with Gasteiger partial charge >= 0.3 is 0 Å². The van der Waals surface area contributed by atoms with Crippen molar-refractivity contribution < 1.29 is 9.34 Å². The highest BCUT2D eigenvalue weighted by molar-refractivity contribution is 5.59. The standard InChI is InChI=1S/C15H17N3O3/c16-14-6-3-11(8-15(14)18(19)20)9-17(12-4-5-12)10-13-2-1-7-21-13/h1-3,6-8,12H,4-5,9-10,16H2. The van der Waals surface area contributed by atoms with Gasteiger partial charge < -0.3 is 10.2 Å². The van der Waals surface area contributed by atoms with Gasteiger partial charge in [-0.2, -0.15) is 0 Å². The maximum Gasteiger partial charge on any atom is 0.292 e. The number of benzene rings is 1. The first kappa shape index (κ1) is 13.6. The van der Waals surface area contributed by atoms with Gasteiger partial charge in [-0.15, -0.1) is 0 Å². The molecular formula is C15H17N3O3. The molecule has 0 amide bonds. The second-order valence-electron chi connectivity index (χ2n) is 5.37. The number of nitro groups is 1. The van der Waals surface area contributed by atoms with Crippen molar-refractivity contribution in [1.82, 2.24) is 4.90 Å². The highest BCUT2D eigenvalue weighted by Gasteiger charge is 2.29. The van der Waals surface area contributed by atoms with Crippen molar-refractivity contribution in [2.45, 2.75) is 32.0 Å². The average Bonchev–Trinajstić information content (AvgIpc) is 3.18. The van der Waals surface area contributed by atoms with Crippen LogP contribution in [0.15, 0.2) is 41.0 Å². The molecule has 0 unspecified atom stereocenters. The molecule has 6 nitrogen and oxygen atoms in total. The molecule has 1 aromatic heterocycles. The maximum absolute atomic E-state index is 11.0. The molecule has 110 valence electrons. The number of nitrogen functional groups attached to an aromatic ring is 1. The molecule has 3 rings (SSSR count). The van der Waals surface area contributed by atoms with E-state index >= 15 is 0 Å². The number of anilines is 1. The zero-order chi connectivity index (χ0) is 14.8. The maximum atomic E-state index is 11.0. The van der Waals surface area contributed by atoms with Gasteiger partial charge in [-0.3, -0.25) is 15.0 Å². The van der Waals surface area contributed by atoms with Crippen LogP contribution in [-0.2, 0) is 13.1 Å². The Morgan fingerprint density at radius 3 is 2.76 bits per heavy atom. The first-order valence-corrected chi connectivity index (χ1v) is 6.92. The van der Waals surface area contributed by atoms with E-state index in [1.807, 2.05) is 18.2 Å². The minimum Gasteiger partial charge on any atom is -0.468 e. The summed E-state index contributed by atoms with van der Waals surface area (Å²) in [6.45, 7) is 1.38. The first-order chi connectivity index (χ1) is 10.1. The van der Waals surface area contributed by atoms with Crippen LogP contribution in [0, 0.1) is 10.1 Å². The highest BCUT2D eigenvalue weighted by Crippen LogP contribution is 2.31. The third kappa shape index (κ3) is 3.22. The van der Waals surface area contributed by atoms with Crippen molar-refractivity contribution in [2.75, 3.05) is 5.73 Å². The lowest BCUT2D eigenvalue weighted by Crippen LogP contribution is -2.24. The number of hydrogen-bond donors (Lipinski definition) is 1. The SMILES string of the molecule is Nc1ccc(CN(Cc2ccco2)C2CC2)cc1[N+](=O)[O-]. The Morgan fingerprint density at radius 1 is 1.33 bits per heavy atom. The molecule has 0 atom stereocenters. The predicted octanol–water partition coefficient (Wildman–Crippen LogP) is 2.93. The monoisotopic (exact) mass is 287 g/mol. The summed E-state index contributed by atoms with van der Waals surface area (Å²) in [4.78, 5) is 12.8. The number of hydrogen-bond acceptors (Lipinski definition) is 5. The second kappa shape index (κ2) is 5.57. The molecule has 0 bridgehead atoms. The fourth-order valence-corrected chi connectivity index (χ4v) is 2.44. The van der Waals surface area contributed by atoms with Gasteiger partial charge in [0.2, 0.25) is 0 Å². The molecule has 1 fully saturated rings. The summed E-state index contributed by atoms with van der Waals surface area (Å²) in [6, 6.07) is 9.36. The smallest absolute Gasteiger partial charge is 0.292 e. The number of nitrogens with zero attached hydrogens (tertiary/aromatic N) is 2. The van der Waals surface area contributed by atoms with Crippen LogP contribution >= 0.6 is 0 Å². The summed E-state index contributed by atoms with van der Waals surface area (Å²) in [5, 5.41) is 11.0. The minimum absolute atomic E-state index is 0.0266. The summed E-state index contributed by atoms with van der Waals surface area (Å²) in [6.07, 6.45) is 3.99. The number of nitro benzene ring substituents is 1. The fourth-order valence-electron chi connectivity index (χ4n) is 2.44. The van der Waals surface area contributed by atoms with Gasteiger partial charge in [0, 0.05) is 18.7 Å². The lowest BCUT2D eigenvalue weighted by atomic mass is 10.1.